The summed E-state index contributed by atoms with van der Waals surface area (Å²) in [5, 5.41) is 4.33. The van der Waals surface area contributed by atoms with Gasteiger partial charge in [-0.2, -0.15) is 0 Å². The van der Waals surface area contributed by atoms with E-state index >= 15 is 0 Å². The third-order valence-electron chi connectivity index (χ3n) is 5.15. The largest absolute Gasteiger partial charge is 0.497 e. The zero-order chi connectivity index (χ0) is 21.7. The smallest absolute Gasteiger partial charge is 0.223 e. The van der Waals surface area contributed by atoms with Crippen molar-refractivity contribution in [2.45, 2.75) is 53.2 Å². The van der Waals surface area contributed by atoms with Crippen LogP contribution >= 0.6 is 0 Å². The van der Waals surface area contributed by atoms with Crippen molar-refractivity contribution >= 4 is 11.6 Å². The fraction of sp³-hybridized carbons (Fsp3) is 0.440. The number of aryl methyl sites for hydroxylation is 1. The number of hydrogen-bond acceptors (Lipinski definition) is 4. The predicted octanol–water partition coefficient (Wildman–Crippen LogP) is 4.96. The molecule has 0 spiro atoms. The summed E-state index contributed by atoms with van der Waals surface area (Å²) in [7, 11) is 1.65. The van der Waals surface area contributed by atoms with Crippen LogP contribution in [0.2, 0.25) is 0 Å². The van der Waals surface area contributed by atoms with Crippen molar-refractivity contribution in [2.24, 2.45) is 10.6 Å². The molecule has 1 aliphatic heterocycles. The highest BCUT2D eigenvalue weighted by molar-refractivity contribution is 6.02. The third kappa shape index (κ3) is 5.85. The first kappa shape index (κ1) is 21.9. The number of carbonyl (C=O) groups excluding carboxylic acids is 1. The molecule has 160 valence electrons. The average Bonchev–Trinajstić information content (AvgIpc) is 3.15. The molecule has 1 heterocycles. The predicted molar refractivity (Wildman–Crippen MR) is 120 cm³/mol. The normalized spacial score (nSPS) is 16.0. The molecule has 0 bridgehead atoms. The van der Waals surface area contributed by atoms with Crippen molar-refractivity contribution in [1.29, 1.82) is 0 Å². The van der Waals surface area contributed by atoms with E-state index in [0.717, 1.165) is 22.6 Å². The molecule has 30 heavy (non-hydrogen) atoms. The Morgan fingerprint density at radius 1 is 1.20 bits per heavy atom. The molecule has 1 amide bonds. The van der Waals surface area contributed by atoms with Crippen LogP contribution in [0.3, 0.4) is 0 Å². The number of ether oxygens (including phenoxy) is 1. The molecule has 2 aromatic rings. The van der Waals surface area contributed by atoms with E-state index in [1.807, 2.05) is 41.3 Å². The monoisotopic (exact) mass is 408 g/mol. The molecule has 1 aliphatic rings. The maximum absolute atomic E-state index is 13.1. The van der Waals surface area contributed by atoms with Crippen LogP contribution in [0.15, 0.2) is 53.7 Å². The molecule has 0 N–H and O–H groups in total. The number of oxime groups is 1. The lowest BCUT2D eigenvalue weighted by atomic mass is 9.91. The summed E-state index contributed by atoms with van der Waals surface area (Å²) in [6, 6.07) is 16.0. The van der Waals surface area contributed by atoms with Crippen molar-refractivity contribution in [2.75, 3.05) is 13.7 Å². The highest BCUT2D eigenvalue weighted by atomic mass is 16.6. The van der Waals surface area contributed by atoms with Gasteiger partial charge in [0.1, 0.15) is 5.75 Å². The van der Waals surface area contributed by atoms with Gasteiger partial charge in [0.05, 0.1) is 19.4 Å². The van der Waals surface area contributed by atoms with Crippen LogP contribution in [0, 0.1) is 12.3 Å². The molecular formula is C25H32N2O3. The molecule has 5 heteroatoms. The van der Waals surface area contributed by atoms with E-state index in [1.54, 1.807) is 7.11 Å². The van der Waals surface area contributed by atoms with Gasteiger partial charge in [-0.15, -0.1) is 0 Å². The van der Waals surface area contributed by atoms with Crippen LogP contribution in [0.5, 0.6) is 5.75 Å². The Bertz CT molecular complexity index is 915. The summed E-state index contributed by atoms with van der Waals surface area (Å²) in [4.78, 5) is 20.7. The van der Waals surface area contributed by atoms with E-state index < -0.39 is 0 Å². The van der Waals surface area contributed by atoms with E-state index in [0.29, 0.717) is 25.9 Å². The first-order chi connectivity index (χ1) is 14.2. The second-order valence-corrected chi connectivity index (χ2v) is 9.15. The Morgan fingerprint density at radius 3 is 2.67 bits per heavy atom. The molecule has 5 nitrogen and oxygen atoms in total. The van der Waals surface area contributed by atoms with Crippen LogP contribution in [-0.2, 0) is 16.2 Å². The van der Waals surface area contributed by atoms with Crippen LogP contribution in [0.1, 0.15) is 50.3 Å². The lowest BCUT2D eigenvalue weighted by molar-refractivity contribution is -0.135. The van der Waals surface area contributed by atoms with Gasteiger partial charge in [-0.25, -0.2) is 0 Å². The van der Waals surface area contributed by atoms with Gasteiger partial charge < -0.3 is 14.5 Å². The quantitative estimate of drug-likeness (QED) is 0.650. The van der Waals surface area contributed by atoms with Gasteiger partial charge in [-0.1, -0.05) is 62.3 Å². The summed E-state index contributed by atoms with van der Waals surface area (Å²) < 4.78 is 5.34. The van der Waals surface area contributed by atoms with Crippen molar-refractivity contribution in [1.82, 2.24) is 4.90 Å². The SMILES string of the molecule is COc1cccc(CN(C[C@@H]2CC(c3ccccc3C)=NO2)C(=O)CC(C)(C)C)c1. The van der Waals surface area contributed by atoms with Gasteiger partial charge in [0.15, 0.2) is 6.10 Å². The third-order valence-corrected chi connectivity index (χ3v) is 5.15. The number of hydrogen-bond donors (Lipinski definition) is 0. The van der Waals surface area contributed by atoms with Crippen molar-refractivity contribution < 1.29 is 14.4 Å². The molecule has 1 atom stereocenters. The molecule has 0 radical (unpaired) electrons. The van der Waals surface area contributed by atoms with Gasteiger partial charge in [0.2, 0.25) is 5.91 Å². The number of nitrogens with zero attached hydrogens (tertiary/aromatic N) is 2. The van der Waals surface area contributed by atoms with Crippen LogP contribution < -0.4 is 4.74 Å². The number of methoxy groups -OCH3 is 1. The van der Waals surface area contributed by atoms with Gasteiger partial charge >= 0.3 is 0 Å². The van der Waals surface area contributed by atoms with Gasteiger partial charge in [0, 0.05) is 24.9 Å². The second kappa shape index (κ2) is 9.33. The second-order valence-electron chi connectivity index (χ2n) is 9.15. The summed E-state index contributed by atoms with van der Waals surface area (Å²) >= 11 is 0. The molecule has 0 aromatic heterocycles. The summed E-state index contributed by atoms with van der Waals surface area (Å²) in [6.45, 7) is 9.35. The van der Waals surface area contributed by atoms with Gasteiger partial charge in [-0.05, 0) is 35.6 Å². The minimum Gasteiger partial charge on any atom is -0.497 e. The molecule has 0 aliphatic carbocycles. The molecular weight excluding hydrogens is 376 g/mol. The standard InChI is InChI=1S/C25H32N2O3/c1-18-9-6-7-12-22(18)23-14-21(30-26-23)17-27(24(28)15-25(2,3)4)16-19-10-8-11-20(13-19)29-5/h6-13,21H,14-17H2,1-5H3/t21-/m0/s1. The first-order valence-corrected chi connectivity index (χ1v) is 10.4. The minimum atomic E-state index is -0.144. The Hall–Kier alpha value is -2.82. The van der Waals surface area contributed by atoms with Gasteiger partial charge in [-0.3, -0.25) is 4.79 Å². The Kier molecular flexibility index (Phi) is 6.80. The van der Waals surface area contributed by atoms with E-state index in [4.69, 9.17) is 9.57 Å². The number of benzene rings is 2. The minimum absolute atomic E-state index is 0.0803. The lowest BCUT2D eigenvalue weighted by Gasteiger charge is -2.28. The fourth-order valence-corrected chi connectivity index (χ4v) is 3.64. The van der Waals surface area contributed by atoms with E-state index in [-0.39, 0.29) is 17.4 Å². The van der Waals surface area contributed by atoms with Crippen LogP contribution in [0.25, 0.3) is 0 Å². The molecule has 2 aromatic carbocycles. The molecule has 0 saturated carbocycles. The first-order valence-electron chi connectivity index (χ1n) is 10.4. The number of rotatable bonds is 7. The Morgan fingerprint density at radius 2 is 1.97 bits per heavy atom. The highest BCUT2D eigenvalue weighted by Gasteiger charge is 2.29. The zero-order valence-electron chi connectivity index (χ0n) is 18.6. The highest BCUT2D eigenvalue weighted by Crippen LogP contribution is 2.24. The zero-order valence-corrected chi connectivity index (χ0v) is 18.6. The summed E-state index contributed by atoms with van der Waals surface area (Å²) in [5.74, 6) is 0.913. The van der Waals surface area contributed by atoms with Crippen molar-refractivity contribution in [3.63, 3.8) is 0 Å². The molecule has 3 rings (SSSR count). The van der Waals surface area contributed by atoms with Crippen molar-refractivity contribution in [3.05, 3.63) is 65.2 Å². The van der Waals surface area contributed by atoms with E-state index in [9.17, 15) is 4.79 Å². The lowest BCUT2D eigenvalue weighted by Crippen LogP contribution is -2.38. The fourth-order valence-electron chi connectivity index (χ4n) is 3.64. The Labute approximate surface area is 179 Å². The maximum atomic E-state index is 13.1. The van der Waals surface area contributed by atoms with Crippen LogP contribution in [0.4, 0.5) is 0 Å². The average molecular weight is 409 g/mol. The van der Waals surface area contributed by atoms with Crippen LogP contribution in [-0.4, -0.2) is 36.3 Å². The topological polar surface area (TPSA) is 51.1 Å². The molecule has 0 unspecified atom stereocenters. The van der Waals surface area contributed by atoms with Gasteiger partial charge in [0.25, 0.3) is 0 Å². The molecule has 0 fully saturated rings. The number of amides is 1. The Balaban J connectivity index is 1.72. The molecule has 0 saturated heterocycles. The number of carbonyl (C=O) groups is 1. The summed E-state index contributed by atoms with van der Waals surface area (Å²) in [5.41, 5.74) is 4.19. The maximum Gasteiger partial charge on any atom is 0.223 e. The van der Waals surface area contributed by atoms with E-state index in [1.165, 1.54) is 5.56 Å². The summed E-state index contributed by atoms with van der Waals surface area (Å²) in [6.07, 6.45) is 1.03. The van der Waals surface area contributed by atoms with E-state index in [2.05, 4.69) is 45.0 Å². The van der Waals surface area contributed by atoms with Crippen molar-refractivity contribution in [3.8, 4) is 5.75 Å².